The molecule has 0 aromatic heterocycles. The number of nitrogens with zero attached hydrogens (tertiary/aromatic N) is 2. The third-order valence-electron chi connectivity index (χ3n) is 7.50. The Kier molecular flexibility index (Phi) is 14.3. The van der Waals surface area contributed by atoms with Crippen LogP contribution in [0.15, 0.2) is 91.0 Å². The van der Waals surface area contributed by atoms with Crippen LogP contribution >= 0.6 is 0 Å². The summed E-state index contributed by atoms with van der Waals surface area (Å²) >= 11 is 0. The van der Waals surface area contributed by atoms with Crippen LogP contribution in [0, 0.1) is 5.92 Å². The fourth-order valence-electron chi connectivity index (χ4n) is 4.81. The SMILES string of the molecule is CON(C)C(=O)C(CC(=O)OCc1ccccc1)NC(=O)C(Cc1ccccc1)N(CCC(C)C)C(=O)CCc1ccccc1. The molecule has 9 heteroatoms. The predicted octanol–water partition coefficient (Wildman–Crippen LogP) is 4.74. The maximum Gasteiger partial charge on any atom is 0.308 e. The predicted molar refractivity (Wildman–Crippen MR) is 172 cm³/mol. The number of nitrogens with one attached hydrogen (secondary N) is 1. The average Bonchev–Trinajstić information content (AvgIpc) is 3.06. The van der Waals surface area contributed by atoms with E-state index in [-0.39, 0.29) is 25.4 Å². The summed E-state index contributed by atoms with van der Waals surface area (Å²) in [5, 5.41) is 3.73. The highest BCUT2D eigenvalue weighted by Crippen LogP contribution is 2.17. The lowest BCUT2D eigenvalue weighted by Gasteiger charge is -2.33. The Balaban J connectivity index is 1.86. The van der Waals surface area contributed by atoms with Gasteiger partial charge in [0.15, 0.2) is 0 Å². The van der Waals surface area contributed by atoms with Gasteiger partial charge in [-0.25, -0.2) is 5.06 Å². The zero-order valence-corrected chi connectivity index (χ0v) is 26.7. The van der Waals surface area contributed by atoms with Gasteiger partial charge in [0.25, 0.3) is 5.91 Å². The second-order valence-electron chi connectivity index (χ2n) is 11.4. The van der Waals surface area contributed by atoms with Crippen LogP contribution in [0.3, 0.4) is 0 Å². The summed E-state index contributed by atoms with van der Waals surface area (Å²) in [5.74, 6) is -1.68. The molecular weight excluding hydrogens is 570 g/mol. The summed E-state index contributed by atoms with van der Waals surface area (Å²) < 4.78 is 5.42. The Hall–Kier alpha value is -4.50. The van der Waals surface area contributed by atoms with Crippen molar-refractivity contribution in [3.8, 4) is 0 Å². The number of benzene rings is 3. The number of likely N-dealkylation sites (N-methyl/N-ethyl adjacent to an activating group) is 1. The molecule has 45 heavy (non-hydrogen) atoms. The molecule has 3 aromatic rings. The molecule has 3 amide bonds. The van der Waals surface area contributed by atoms with Gasteiger partial charge < -0.3 is 15.0 Å². The van der Waals surface area contributed by atoms with Gasteiger partial charge >= 0.3 is 5.97 Å². The largest absolute Gasteiger partial charge is 0.461 e. The highest BCUT2D eigenvalue weighted by atomic mass is 16.7. The van der Waals surface area contributed by atoms with Crippen LogP contribution in [0.2, 0.25) is 0 Å². The number of amides is 3. The lowest BCUT2D eigenvalue weighted by Crippen LogP contribution is -2.56. The van der Waals surface area contributed by atoms with Gasteiger partial charge in [-0.15, -0.1) is 0 Å². The van der Waals surface area contributed by atoms with Gasteiger partial charge in [0, 0.05) is 26.4 Å². The molecule has 3 aromatic carbocycles. The van der Waals surface area contributed by atoms with Crippen LogP contribution in [0.1, 0.15) is 49.8 Å². The minimum absolute atomic E-state index is 0.0319. The van der Waals surface area contributed by atoms with E-state index in [1.807, 2.05) is 91.0 Å². The van der Waals surface area contributed by atoms with Crippen molar-refractivity contribution in [3.05, 3.63) is 108 Å². The second-order valence-corrected chi connectivity index (χ2v) is 11.4. The molecule has 0 saturated carbocycles. The van der Waals surface area contributed by atoms with E-state index in [2.05, 4.69) is 19.2 Å². The molecule has 1 N–H and O–H groups in total. The quantitative estimate of drug-likeness (QED) is 0.174. The highest BCUT2D eigenvalue weighted by molar-refractivity contribution is 5.94. The molecule has 0 aliphatic carbocycles. The van der Waals surface area contributed by atoms with Crippen molar-refractivity contribution >= 4 is 23.7 Å². The average molecular weight is 616 g/mol. The van der Waals surface area contributed by atoms with Crippen LogP contribution in [0.5, 0.6) is 0 Å². The van der Waals surface area contributed by atoms with Crippen molar-refractivity contribution < 1.29 is 28.8 Å². The van der Waals surface area contributed by atoms with Gasteiger partial charge in [-0.2, -0.15) is 0 Å². The smallest absolute Gasteiger partial charge is 0.308 e. The highest BCUT2D eigenvalue weighted by Gasteiger charge is 2.34. The van der Waals surface area contributed by atoms with Gasteiger partial charge in [-0.3, -0.25) is 24.0 Å². The minimum Gasteiger partial charge on any atom is -0.461 e. The summed E-state index contributed by atoms with van der Waals surface area (Å²) in [6.45, 7) is 4.53. The number of hydrogen-bond acceptors (Lipinski definition) is 6. The molecule has 0 heterocycles. The number of carbonyl (C=O) groups is 4. The summed E-state index contributed by atoms with van der Waals surface area (Å²) in [6.07, 6.45) is 1.28. The fourth-order valence-corrected chi connectivity index (χ4v) is 4.81. The van der Waals surface area contributed by atoms with Gasteiger partial charge in [0.1, 0.15) is 18.7 Å². The Morgan fingerprint density at radius 3 is 1.91 bits per heavy atom. The molecule has 240 valence electrons. The molecule has 0 aliphatic heterocycles. The fraction of sp³-hybridized carbons (Fsp3) is 0.389. The molecule has 0 bridgehead atoms. The molecule has 0 fully saturated rings. The Morgan fingerprint density at radius 2 is 1.36 bits per heavy atom. The summed E-state index contributed by atoms with van der Waals surface area (Å²) in [6, 6.07) is 26.2. The van der Waals surface area contributed by atoms with Crippen LogP contribution in [0.25, 0.3) is 0 Å². The number of aryl methyl sites for hydroxylation is 1. The number of ether oxygens (including phenoxy) is 1. The van der Waals surface area contributed by atoms with Crippen LogP contribution in [-0.4, -0.2) is 66.4 Å². The van der Waals surface area contributed by atoms with Crippen molar-refractivity contribution in [2.45, 2.75) is 64.6 Å². The topological polar surface area (TPSA) is 105 Å². The molecule has 9 nitrogen and oxygen atoms in total. The lowest BCUT2D eigenvalue weighted by molar-refractivity contribution is -0.173. The minimum atomic E-state index is -1.27. The normalized spacial score (nSPS) is 12.2. The standard InChI is InChI=1S/C36H45N3O6/c1-27(2)22-23-39(33(40)21-20-28-14-8-5-9-15-28)32(24-29-16-10-6-11-17-29)35(42)37-31(36(43)38(3)44-4)25-34(41)45-26-30-18-12-7-13-19-30/h5-19,27,31-32H,20-26H2,1-4H3,(H,37,42). The van der Waals surface area contributed by atoms with E-state index in [9.17, 15) is 19.2 Å². The number of esters is 1. The zero-order valence-electron chi connectivity index (χ0n) is 26.7. The van der Waals surface area contributed by atoms with Crippen LogP contribution in [-0.2, 0) is 48.2 Å². The summed E-state index contributed by atoms with van der Waals surface area (Å²) in [5.41, 5.74) is 2.69. The maximum atomic E-state index is 14.1. The molecule has 0 saturated heterocycles. The lowest BCUT2D eigenvalue weighted by atomic mass is 10.0. The maximum absolute atomic E-state index is 14.1. The van der Waals surface area contributed by atoms with E-state index in [1.165, 1.54) is 14.2 Å². The van der Waals surface area contributed by atoms with E-state index in [1.54, 1.807) is 4.90 Å². The van der Waals surface area contributed by atoms with Crippen molar-refractivity contribution in [1.82, 2.24) is 15.3 Å². The van der Waals surface area contributed by atoms with E-state index in [0.29, 0.717) is 25.3 Å². The van der Waals surface area contributed by atoms with Crippen LogP contribution < -0.4 is 5.32 Å². The Labute approximate surface area is 266 Å². The van der Waals surface area contributed by atoms with E-state index in [0.717, 1.165) is 21.8 Å². The van der Waals surface area contributed by atoms with Crippen molar-refractivity contribution in [1.29, 1.82) is 0 Å². The Morgan fingerprint density at radius 1 is 0.800 bits per heavy atom. The first-order valence-corrected chi connectivity index (χ1v) is 15.4. The van der Waals surface area contributed by atoms with Gasteiger partial charge in [-0.05, 0) is 35.4 Å². The number of hydroxylamine groups is 2. The molecular formula is C36H45N3O6. The van der Waals surface area contributed by atoms with E-state index in [4.69, 9.17) is 9.57 Å². The molecule has 2 unspecified atom stereocenters. The van der Waals surface area contributed by atoms with Crippen molar-refractivity contribution in [2.24, 2.45) is 5.92 Å². The molecule has 3 rings (SSSR count). The molecule has 0 spiro atoms. The summed E-state index contributed by atoms with van der Waals surface area (Å²) in [4.78, 5) is 60.8. The molecule has 0 aliphatic rings. The first-order chi connectivity index (χ1) is 21.7. The first-order valence-electron chi connectivity index (χ1n) is 15.4. The Bertz CT molecular complexity index is 1350. The van der Waals surface area contributed by atoms with Gasteiger partial charge in [-0.1, -0.05) is 105 Å². The third-order valence-corrected chi connectivity index (χ3v) is 7.50. The number of rotatable bonds is 17. The number of carbonyl (C=O) groups excluding carboxylic acids is 4. The monoisotopic (exact) mass is 615 g/mol. The molecule has 0 radical (unpaired) electrons. The zero-order chi connectivity index (χ0) is 32.6. The third kappa shape index (κ3) is 11.8. The first kappa shape index (κ1) is 35.0. The van der Waals surface area contributed by atoms with E-state index >= 15 is 0 Å². The van der Waals surface area contributed by atoms with Crippen molar-refractivity contribution in [3.63, 3.8) is 0 Å². The van der Waals surface area contributed by atoms with Gasteiger partial charge in [0.2, 0.25) is 11.8 Å². The van der Waals surface area contributed by atoms with Gasteiger partial charge in [0.05, 0.1) is 13.5 Å². The number of hydrogen-bond donors (Lipinski definition) is 1. The van der Waals surface area contributed by atoms with Crippen LogP contribution in [0.4, 0.5) is 0 Å². The molecule has 2 atom stereocenters. The van der Waals surface area contributed by atoms with Crippen molar-refractivity contribution in [2.75, 3.05) is 20.7 Å². The van der Waals surface area contributed by atoms with E-state index < -0.39 is 36.3 Å². The second kappa shape index (κ2) is 18.3. The summed E-state index contributed by atoms with van der Waals surface area (Å²) in [7, 11) is 2.72.